The average Bonchev–Trinajstić information content (AvgIpc) is 3.78. The zero-order valence-electron chi connectivity index (χ0n) is 25.8. The minimum atomic E-state index is -5.05. The van der Waals surface area contributed by atoms with Gasteiger partial charge in [-0.15, -0.1) is 13.2 Å². The standard InChI is InChI=1S/C31H36F3N5O6S2/c1-3-4-13-44-29(41)24(16-22-15-20-7-9-36-27(35)23(20)17-25(22)45-31(32,33)34)39-12-8-21(28(39)40)14-19(2)47(42,43)26-18-37-30(46-26)38-10-5-6-11-38/h7,9,15,17-18,21,24H,2-6,8,10-14,16H2,1H3,(H2,35,36)/t21-,24-/m1/s1. The van der Waals surface area contributed by atoms with E-state index in [0.717, 1.165) is 49.8 Å². The highest BCUT2D eigenvalue weighted by Crippen LogP contribution is 2.37. The van der Waals surface area contributed by atoms with Crippen molar-refractivity contribution in [3.8, 4) is 5.75 Å². The zero-order chi connectivity index (χ0) is 33.9. The Labute approximate surface area is 274 Å². The minimum absolute atomic E-state index is 0.0000981. The van der Waals surface area contributed by atoms with Gasteiger partial charge in [-0.05, 0) is 61.3 Å². The number of hydrogen-bond acceptors (Lipinski definition) is 11. The normalized spacial score (nSPS) is 17.8. The van der Waals surface area contributed by atoms with Crippen molar-refractivity contribution in [2.24, 2.45) is 5.92 Å². The molecule has 16 heteroatoms. The number of pyridine rings is 1. The number of carbonyl (C=O) groups is 2. The van der Waals surface area contributed by atoms with E-state index in [0.29, 0.717) is 16.9 Å². The Balaban J connectivity index is 1.38. The zero-order valence-corrected chi connectivity index (χ0v) is 27.4. The highest BCUT2D eigenvalue weighted by molar-refractivity contribution is 7.97. The first-order valence-corrected chi connectivity index (χ1v) is 17.6. The van der Waals surface area contributed by atoms with Gasteiger partial charge in [-0.2, -0.15) is 0 Å². The van der Waals surface area contributed by atoms with Crippen LogP contribution in [0.4, 0.5) is 24.1 Å². The van der Waals surface area contributed by atoms with E-state index in [1.165, 1.54) is 23.4 Å². The predicted octanol–water partition coefficient (Wildman–Crippen LogP) is 5.25. The molecule has 0 aliphatic carbocycles. The number of aromatic nitrogens is 2. The monoisotopic (exact) mass is 695 g/mol. The molecule has 47 heavy (non-hydrogen) atoms. The highest BCUT2D eigenvalue weighted by atomic mass is 32.2. The van der Waals surface area contributed by atoms with Crippen LogP contribution >= 0.6 is 11.3 Å². The summed E-state index contributed by atoms with van der Waals surface area (Å²) in [6.07, 6.45) is 0.607. The molecule has 0 spiro atoms. The molecule has 2 fully saturated rings. The number of ether oxygens (including phenoxy) is 2. The van der Waals surface area contributed by atoms with E-state index in [4.69, 9.17) is 10.5 Å². The van der Waals surface area contributed by atoms with Gasteiger partial charge < -0.3 is 25.0 Å². The number of nitrogen functional groups attached to an aromatic ring is 1. The van der Waals surface area contributed by atoms with Crippen LogP contribution in [0, 0.1) is 5.92 Å². The summed E-state index contributed by atoms with van der Waals surface area (Å²) in [5, 5.41) is 1.30. The Morgan fingerprint density at radius 1 is 1.21 bits per heavy atom. The number of hydrogen-bond donors (Lipinski definition) is 1. The Morgan fingerprint density at radius 3 is 2.66 bits per heavy atom. The van der Waals surface area contributed by atoms with E-state index in [1.54, 1.807) is 6.07 Å². The molecular formula is C31H36F3N5O6S2. The molecule has 2 aliphatic rings. The second-order valence-electron chi connectivity index (χ2n) is 11.6. The fraction of sp³-hybridized carbons (Fsp3) is 0.484. The quantitative estimate of drug-likeness (QED) is 0.186. The smallest absolute Gasteiger partial charge is 0.464 e. The van der Waals surface area contributed by atoms with Crippen molar-refractivity contribution in [2.45, 2.75) is 68.5 Å². The molecule has 11 nitrogen and oxygen atoms in total. The molecule has 2 atom stereocenters. The van der Waals surface area contributed by atoms with Crippen LogP contribution in [-0.2, 0) is 30.6 Å². The van der Waals surface area contributed by atoms with Crippen molar-refractivity contribution in [3.63, 3.8) is 0 Å². The van der Waals surface area contributed by atoms with Crippen LogP contribution in [0.1, 0.15) is 51.0 Å². The number of nitrogens with zero attached hydrogens (tertiary/aromatic N) is 4. The van der Waals surface area contributed by atoms with Crippen molar-refractivity contribution in [2.75, 3.05) is 36.9 Å². The first kappa shape index (κ1) is 34.4. The van der Waals surface area contributed by atoms with Crippen LogP contribution in [0.2, 0.25) is 0 Å². The van der Waals surface area contributed by atoms with Crippen LogP contribution in [0.25, 0.3) is 10.8 Å². The number of anilines is 2. The van der Waals surface area contributed by atoms with Gasteiger partial charge in [0, 0.05) is 48.5 Å². The predicted molar refractivity (Wildman–Crippen MR) is 171 cm³/mol. The summed E-state index contributed by atoms with van der Waals surface area (Å²) in [6.45, 7) is 7.41. The summed E-state index contributed by atoms with van der Waals surface area (Å²) in [6, 6.07) is 2.78. The molecule has 2 N–H and O–H groups in total. The van der Waals surface area contributed by atoms with Crippen molar-refractivity contribution >= 4 is 54.8 Å². The van der Waals surface area contributed by atoms with Crippen LogP contribution in [-0.4, -0.2) is 73.8 Å². The molecule has 254 valence electrons. The molecule has 4 heterocycles. The van der Waals surface area contributed by atoms with E-state index in [2.05, 4.69) is 21.3 Å². The maximum absolute atomic E-state index is 13.7. The van der Waals surface area contributed by atoms with Crippen molar-refractivity contribution in [1.82, 2.24) is 14.9 Å². The molecule has 2 aromatic heterocycles. The summed E-state index contributed by atoms with van der Waals surface area (Å²) in [5.41, 5.74) is 5.90. The molecule has 3 aromatic rings. The Bertz CT molecular complexity index is 1760. The van der Waals surface area contributed by atoms with Gasteiger partial charge in [-0.3, -0.25) is 4.79 Å². The molecule has 0 radical (unpaired) electrons. The van der Waals surface area contributed by atoms with Gasteiger partial charge in [0.15, 0.2) is 5.13 Å². The number of halogens is 3. The molecule has 5 rings (SSSR count). The molecular weight excluding hydrogens is 659 g/mol. The summed E-state index contributed by atoms with van der Waals surface area (Å²) in [4.78, 5) is 38.5. The first-order chi connectivity index (χ1) is 22.3. The molecule has 2 aliphatic heterocycles. The van der Waals surface area contributed by atoms with E-state index in [1.807, 2.05) is 11.8 Å². The van der Waals surface area contributed by atoms with Gasteiger partial charge in [-0.1, -0.05) is 31.3 Å². The lowest BCUT2D eigenvalue weighted by atomic mass is 9.99. The van der Waals surface area contributed by atoms with Gasteiger partial charge in [0.25, 0.3) is 0 Å². The molecule has 0 saturated carbocycles. The Hall–Kier alpha value is -3.92. The van der Waals surface area contributed by atoms with E-state index in [-0.39, 0.29) is 58.3 Å². The summed E-state index contributed by atoms with van der Waals surface area (Å²) in [7, 11) is -3.99. The number of sulfone groups is 1. The van der Waals surface area contributed by atoms with Crippen LogP contribution in [0.15, 0.2) is 46.3 Å². The topological polar surface area (TPSA) is 145 Å². The molecule has 2 saturated heterocycles. The number of esters is 1. The number of likely N-dealkylation sites (tertiary alicyclic amines) is 1. The fourth-order valence-electron chi connectivity index (χ4n) is 5.81. The largest absolute Gasteiger partial charge is 0.573 e. The molecule has 1 aromatic carbocycles. The van der Waals surface area contributed by atoms with E-state index >= 15 is 0 Å². The third-order valence-corrected chi connectivity index (χ3v) is 11.6. The number of thiazole rings is 1. The van der Waals surface area contributed by atoms with Crippen molar-refractivity contribution in [3.05, 3.63) is 47.6 Å². The van der Waals surface area contributed by atoms with Crippen LogP contribution < -0.4 is 15.4 Å². The van der Waals surface area contributed by atoms with Gasteiger partial charge in [0.1, 0.15) is 21.8 Å². The first-order valence-electron chi connectivity index (χ1n) is 15.3. The average molecular weight is 696 g/mol. The number of amides is 1. The number of fused-ring (bicyclic) bond motifs is 1. The second-order valence-corrected chi connectivity index (χ2v) is 14.9. The minimum Gasteiger partial charge on any atom is -0.464 e. The highest BCUT2D eigenvalue weighted by Gasteiger charge is 2.42. The van der Waals surface area contributed by atoms with Gasteiger partial charge in [0.2, 0.25) is 15.7 Å². The van der Waals surface area contributed by atoms with E-state index < -0.39 is 45.8 Å². The molecule has 0 unspecified atom stereocenters. The summed E-state index contributed by atoms with van der Waals surface area (Å²) in [5.74, 6) is -2.72. The maximum Gasteiger partial charge on any atom is 0.573 e. The maximum atomic E-state index is 13.7. The van der Waals surface area contributed by atoms with Crippen molar-refractivity contribution in [1.29, 1.82) is 0 Å². The summed E-state index contributed by atoms with van der Waals surface area (Å²) >= 11 is 1.06. The van der Waals surface area contributed by atoms with Gasteiger partial charge in [-0.25, -0.2) is 23.2 Å². The number of alkyl halides is 3. The molecule has 1 amide bonds. The lowest BCUT2D eigenvalue weighted by molar-refractivity contribution is -0.274. The lowest BCUT2D eigenvalue weighted by Crippen LogP contribution is -2.45. The van der Waals surface area contributed by atoms with Gasteiger partial charge in [0.05, 0.1) is 12.8 Å². The van der Waals surface area contributed by atoms with Crippen LogP contribution in [0.3, 0.4) is 0 Å². The van der Waals surface area contributed by atoms with Gasteiger partial charge >= 0.3 is 12.3 Å². The third-order valence-electron chi connectivity index (χ3n) is 8.32. The fourth-order valence-corrected chi connectivity index (χ4v) is 8.43. The number of allylic oxidation sites excluding steroid dienone is 1. The Kier molecular flexibility index (Phi) is 10.3. The lowest BCUT2D eigenvalue weighted by Gasteiger charge is -2.28. The summed E-state index contributed by atoms with van der Waals surface area (Å²) < 4.78 is 77.0. The molecule has 0 bridgehead atoms. The third kappa shape index (κ3) is 7.80. The second kappa shape index (κ2) is 14.1. The van der Waals surface area contributed by atoms with Crippen LogP contribution in [0.5, 0.6) is 5.75 Å². The number of nitrogens with two attached hydrogens (primary N) is 1. The Morgan fingerprint density at radius 2 is 1.96 bits per heavy atom. The van der Waals surface area contributed by atoms with E-state index in [9.17, 15) is 31.2 Å². The SMILES string of the molecule is C=C(C[C@H]1CCN([C@H](Cc2cc3ccnc(N)c3cc2OC(F)(F)F)C(=O)OCCCC)C1=O)S(=O)(=O)c1cnc(N2CCCC2)s1. The number of rotatable bonds is 13. The van der Waals surface area contributed by atoms with Crippen molar-refractivity contribution < 1.29 is 40.7 Å². The number of carbonyl (C=O) groups excluding carboxylic acids is 2. The number of benzene rings is 1. The number of unbranched alkanes of at least 4 members (excludes halogenated alkanes) is 1.